The Kier molecular flexibility index (Phi) is 5.28. The van der Waals surface area contributed by atoms with E-state index in [4.69, 9.17) is 15.7 Å². The summed E-state index contributed by atoms with van der Waals surface area (Å²) in [7, 11) is 1.72. The van der Waals surface area contributed by atoms with Crippen LogP contribution in [0.2, 0.25) is 0 Å². The lowest BCUT2D eigenvalue weighted by atomic mass is 10.0. The van der Waals surface area contributed by atoms with Crippen molar-refractivity contribution in [2.24, 2.45) is 10.9 Å². The van der Waals surface area contributed by atoms with Crippen LogP contribution in [0.25, 0.3) is 0 Å². The number of oxime groups is 1. The van der Waals surface area contributed by atoms with Gasteiger partial charge in [-0.1, -0.05) is 11.2 Å². The lowest BCUT2D eigenvalue weighted by molar-refractivity contribution is -0.00926. The van der Waals surface area contributed by atoms with Gasteiger partial charge in [0.15, 0.2) is 5.84 Å². The fourth-order valence-corrected chi connectivity index (χ4v) is 2.54. The quantitative estimate of drug-likeness (QED) is 0.373. The molecule has 1 aromatic rings. The molecule has 1 aromatic heterocycles. The molecule has 0 aliphatic carbocycles. The van der Waals surface area contributed by atoms with Crippen molar-refractivity contribution in [1.29, 1.82) is 0 Å². The van der Waals surface area contributed by atoms with E-state index in [9.17, 15) is 4.79 Å². The first kappa shape index (κ1) is 18.0. The van der Waals surface area contributed by atoms with Crippen LogP contribution in [0.15, 0.2) is 29.6 Å². The number of nitrogens with zero attached hydrogens (tertiary/aromatic N) is 4. The molecule has 1 fully saturated rings. The number of likely N-dealkylation sites (N-methyl/N-ethyl adjacent to an activating group) is 1. The Bertz CT molecular complexity index is 593. The molecule has 8 nitrogen and oxygen atoms in total. The van der Waals surface area contributed by atoms with Crippen LogP contribution in [0.1, 0.15) is 32.5 Å². The molecule has 2 heterocycles. The summed E-state index contributed by atoms with van der Waals surface area (Å²) in [5, 5.41) is 12.2. The zero-order chi connectivity index (χ0) is 17.9. The van der Waals surface area contributed by atoms with Gasteiger partial charge in [0.25, 0.3) is 0 Å². The highest BCUT2D eigenvalue weighted by Crippen LogP contribution is 2.27. The summed E-state index contributed by atoms with van der Waals surface area (Å²) in [5.41, 5.74) is 6.01. The van der Waals surface area contributed by atoms with Crippen molar-refractivity contribution in [2.45, 2.75) is 38.5 Å². The molecule has 1 aliphatic heterocycles. The van der Waals surface area contributed by atoms with Gasteiger partial charge in [0.2, 0.25) is 0 Å². The van der Waals surface area contributed by atoms with Crippen molar-refractivity contribution in [3.8, 4) is 0 Å². The third-order valence-electron chi connectivity index (χ3n) is 3.85. The van der Waals surface area contributed by atoms with Crippen molar-refractivity contribution in [1.82, 2.24) is 14.8 Å². The molecule has 0 radical (unpaired) electrons. The summed E-state index contributed by atoms with van der Waals surface area (Å²) in [6, 6.07) is 5.08. The van der Waals surface area contributed by atoms with E-state index in [1.165, 1.54) is 0 Å². The van der Waals surface area contributed by atoms with Gasteiger partial charge in [-0.3, -0.25) is 9.88 Å². The summed E-state index contributed by atoms with van der Waals surface area (Å²) in [6.45, 7) is 6.68. The van der Waals surface area contributed by atoms with Gasteiger partial charge in [0.05, 0.1) is 11.7 Å². The molecule has 1 atom stereocenters. The van der Waals surface area contributed by atoms with Crippen LogP contribution in [0.5, 0.6) is 0 Å². The van der Waals surface area contributed by atoms with E-state index < -0.39 is 11.6 Å². The van der Waals surface area contributed by atoms with Gasteiger partial charge in [0, 0.05) is 26.3 Å². The normalized spacial score (nSPS) is 17.9. The van der Waals surface area contributed by atoms with Crippen LogP contribution in [-0.4, -0.2) is 63.7 Å². The predicted octanol–water partition coefficient (Wildman–Crippen LogP) is 1.42. The van der Waals surface area contributed by atoms with E-state index >= 15 is 0 Å². The summed E-state index contributed by atoms with van der Waals surface area (Å²) < 4.78 is 5.37. The number of amidine groups is 1. The van der Waals surface area contributed by atoms with E-state index in [1.54, 1.807) is 18.1 Å². The molecule has 132 valence electrons. The highest BCUT2D eigenvalue weighted by molar-refractivity contribution is 5.86. The summed E-state index contributed by atoms with van der Waals surface area (Å²) in [4.78, 5) is 20.0. The second-order valence-corrected chi connectivity index (χ2v) is 6.88. The van der Waals surface area contributed by atoms with Crippen molar-refractivity contribution in [2.75, 3.05) is 20.1 Å². The molecule has 0 saturated carbocycles. The largest absolute Gasteiger partial charge is 0.444 e. The number of carbonyl (C=O) groups excluding carboxylic acids is 1. The number of carbonyl (C=O) groups is 1. The first-order chi connectivity index (χ1) is 11.2. The number of pyridine rings is 1. The standard InChI is InChI=1S/C16H25N5O3/c1-16(2,3)24-15(22)20(4)11-9-21(10-11)13(14(17)19-23)12-7-5-6-8-18-12/h5-8,11,13,23H,9-10H2,1-4H3,(H2,17,19)/t13-/m0/s1. The van der Waals surface area contributed by atoms with Crippen LogP contribution < -0.4 is 5.73 Å². The maximum Gasteiger partial charge on any atom is 0.410 e. The van der Waals surface area contributed by atoms with E-state index in [0.717, 1.165) is 0 Å². The molecular formula is C16H25N5O3. The zero-order valence-corrected chi connectivity index (χ0v) is 14.5. The van der Waals surface area contributed by atoms with Crippen LogP contribution in [-0.2, 0) is 4.74 Å². The Hall–Kier alpha value is -2.35. The minimum Gasteiger partial charge on any atom is -0.444 e. The van der Waals surface area contributed by atoms with E-state index in [0.29, 0.717) is 18.8 Å². The molecule has 0 bridgehead atoms. The van der Waals surface area contributed by atoms with Gasteiger partial charge in [-0.2, -0.15) is 0 Å². The third-order valence-corrected chi connectivity index (χ3v) is 3.85. The Balaban J connectivity index is 2.02. The molecule has 1 amide bonds. The van der Waals surface area contributed by atoms with Crippen molar-refractivity contribution < 1.29 is 14.7 Å². The van der Waals surface area contributed by atoms with Gasteiger partial charge >= 0.3 is 6.09 Å². The minimum absolute atomic E-state index is 0.0116. The average Bonchev–Trinajstić information content (AvgIpc) is 2.48. The van der Waals surface area contributed by atoms with Gasteiger partial charge in [0.1, 0.15) is 11.6 Å². The first-order valence-corrected chi connectivity index (χ1v) is 7.81. The van der Waals surface area contributed by atoms with Gasteiger partial charge < -0.3 is 20.6 Å². The molecule has 0 unspecified atom stereocenters. The van der Waals surface area contributed by atoms with Gasteiger partial charge in [-0.15, -0.1) is 0 Å². The molecule has 0 spiro atoms. The predicted molar refractivity (Wildman–Crippen MR) is 89.7 cm³/mol. The molecule has 1 aliphatic rings. The number of aromatic nitrogens is 1. The Morgan fingerprint density at radius 3 is 2.67 bits per heavy atom. The Labute approximate surface area is 141 Å². The number of amides is 1. The number of ether oxygens (including phenoxy) is 1. The number of rotatable bonds is 4. The number of nitrogens with two attached hydrogens (primary N) is 1. The zero-order valence-electron chi connectivity index (χ0n) is 14.5. The fourth-order valence-electron chi connectivity index (χ4n) is 2.54. The highest BCUT2D eigenvalue weighted by atomic mass is 16.6. The maximum absolute atomic E-state index is 12.1. The van der Waals surface area contributed by atoms with Crippen molar-refractivity contribution in [3.05, 3.63) is 30.1 Å². The number of hydrogen-bond donors (Lipinski definition) is 2. The lowest BCUT2D eigenvalue weighted by Gasteiger charge is -2.46. The smallest absolute Gasteiger partial charge is 0.410 e. The van der Waals surface area contributed by atoms with Gasteiger partial charge in [-0.05, 0) is 32.9 Å². The molecule has 24 heavy (non-hydrogen) atoms. The van der Waals surface area contributed by atoms with Crippen molar-refractivity contribution in [3.63, 3.8) is 0 Å². The number of hydrogen-bond acceptors (Lipinski definition) is 6. The molecule has 1 saturated heterocycles. The average molecular weight is 335 g/mol. The van der Waals surface area contributed by atoms with E-state index in [-0.39, 0.29) is 18.0 Å². The molecule has 0 aromatic carbocycles. The SMILES string of the molecule is CN(C(=O)OC(C)(C)C)C1CN([C@H](C(N)=NO)c2ccccn2)C1. The van der Waals surface area contributed by atoms with Crippen LogP contribution in [0.4, 0.5) is 4.79 Å². The fraction of sp³-hybridized carbons (Fsp3) is 0.562. The summed E-state index contributed by atoms with van der Waals surface area (Å²) in [6.07, 6.45) is 1.31. The van der Waals surface area contributed by atoms with Gasteiger partial charge in [-0.25, -0.2) is 4.79 Å². The lowest BCUT2D eigenvalue weighted by Crippen LogP contribution is -2.62. The monoisotopic (exact) mass is 335 g/mol. The molecule has 3 N–H and O–H groups in total. The van der Waals surface area contributed by atoms with Crippen LogP contribution in [0.3, 0.4) is 0 Å². The van der Waals surface area contributed by atoms with Crippen molar-refractivity contribution >= 4 is 11.9 Å². The van der Waals surface area contributed by atoms with E-state index in [2.05, 4.69) is 10.1 Å². The second kappa shape index (κ2) is 7.04. The first-order valence-electron chi connectivity index (χ1n) is 7.81. The maximum atomic E-state index is 12.1. The number of likely N-dealkylation sites (tertiary alicyclic amines) is 1. The highest BCUT2D eigenvalue weighted by Gasteiger charge is 2.40. The topological polar surface area (TPSA) is 104 Å². The second-order valence-electron chi connectivity index (χ2n) is 6.88. The summed E-state index contributed by atoms with van der Waals surface area (Å²) in [5.74, 6) is 0.0760. The van der Waals surface area contributed by atoms with Crippen LogP contribution in [0, 0.1) is 0 Å². The molecular weight excluding hydrogens is 310 g/mol. The Morgan fingerprint density at radius 1 is 1.50 bits per heavy atom. The Morgan fingerprint density at radius 2 is 2.17 bits per heavy atom. The minimum atomic E-state index is -0.529. The third kappa shape index (κ3) is 4.14. The van der Waals surface area contributed by atoms with E-state index in [1.807, 2.05) is 43.9 Å². The van der Waals surface area contributed by atoms with Crippen LogP contribution >= 0.6 is 0 Å². The summed E-state index contributed by atoms with van der Waals surface area (Å²) >= 11 is 0. The molecule has 8 heteroatoms. The molecule has 2 rings (SSSR count).